The van der Waals surface area contributed by atoms with Gasteiger partial charge in [-0.2, -0.15) is 0 Å². The van der Waals surface area contributed by atoms with Crippen LogP contribution in [0.4, 0.5) is 5.82 Å². The molecule has 1 aromatic rings. The van der Waals surface area contributed by atoms with Gasteiger partial charge in [-0.15, -0.1) is 0 Å². The van der Waals surface area contributed by atoms with Gasteiger partial charge in [0.15, 0.2) is 0 Å². The largest absolute Gasteiger partial charge is 0.369 e. The third-order valence-electron chi connectivity index (χ3n) is 4.62. The van der Waals surface area contributed by atoms with E-state index in [9.17, 15) is 0 Å². The molecule has 2 aliphatic rings. The molecule has 0 bridgehead atoms. The molecule has 0 aliphatic heterocycles. The highest BCUT2D eigenvalue weighted by atomic mass is 15.0. The predicted molar refractivity (Wildman–Crippen MR) is 77.1 cm³/mol. The lowest BCUT2D eigenvalue weighted by molar-refractivity contribution is 0.321. The maximum Gasteiger partial charge on any atom is 0.132 e. The summed E-state index contributed by atoms with van der Waals surface area (Å²) in [5.74, 6) is 1.66. The smallest absolute Gasteiger partial charge is 0.132 e. The fourth-order valence-electron chi connectivity index (χ4n) is 3.39. The molecule has 0 radical (unpaired) electrons. The monoisotopic (exact) mass is 260 g/mol. The van der Waals surface area contributed by atoms with E-state index in [0.717, 1.165) is 25.2 Å². The molecule has 0 saturated heterocycles. The minimum Gasteiger partial charge on any atom is -0.369 e. The van der Waals surface area contributed by atoms with Crippen LogP contribution in [0.3, 0.4) is 0 Å². The summed E-state index contributed by atoms with van der Waals surface area (Å²) in [6, 6.07) is 0.360. The Morgan fingerprint density at radius 1 is 1.11 bits per heavy atom. The Labute approximate surface area is 115 Å². The molecule has 1 saturated carbocycles. The molecular formula is C15H24N4. The van der Waals surface area contributed by atoms with Crippen molar-refractivity contribution >= 4 is 5.82 Å². The van der Waals surface area contributed by atoms with Crippen molar-refractivity contribution in [3.8, 4) is 0 Å². The Balaban J connectivity index is 1.66. The molecule has 0 aromatic carbocycles. The molecule has 4 heteroatoms. The Morgan fingerprint density at radius 2 is 1.95 bits per heavy atom. The molecule has 2 atom stereocenters. The average Bonchev–Trinajstić information content (AvgIpc) is 2.46. The summed E-state index contributed by atoms with van der Waals surface area (Å²) >= 11 is 0. The number of aryl methyl sites for hydroxylation is 1. The van der Waals surface area contributed by atoms with Gasteiger partial charge in [0, 0.05) is 23.8 Å². The van der Waals surface area contributed by atoms with Gasteiger partial charge in [-0.1, -0.05) is 12.8 Å². The van der Waals surface area contributed by atoms with Crippen molar-refractivity contribution in [2.45, 2.75) is 57.4 Å². The fourth-order valence-corrected chi connectivity index (χ4v) is 3.39. The number of anilines is 1. The van der Waals surface area contributed by atoms with E-state index in [2.05, 4.69) is 15.3 Å². The van der Waals surface area contributed by atoms with E-state index in [-0.39, 0.29) is 0 Å². The van der Waals surface area contributed by atoms with Gasteiger partial charge in [0.2, 0.25) is 0 Å². The van der Waals surface area contributed by atoms with Crippen LogP contribution in [-0.2, 0) is 12.8 Å². The zero-order valence-electron chi connectivity index (χ0n) is 11.6. The van der Waals surface area contributed by atoms with E-state index >= 15 is 0 Å². The molecule has 3 rings (SSSR count). The average molecular weight is 260 g/mol. The summed E-state index contributed by atoms with van der Waals surface area (Å²) in [7, 11) is 0. The van der Waals surface area contributed by atoms with Crippen molar-refractivity contribution in [2.24, 2.45) is 11.7 Å². The Morgan fingerprint density at radius 3 is 2.84 bits per heavy atom. The standard InChI is InChI=1S/C15H24N4/c16-13-7-3-1-5-11(13)9-17-15-12-6-2-4-8-14(12)18-10-19-15/h10-11,13H,1-9,16H2,(H,17,18,19). The number of nitrogens with one attached hydrogen (secondary N) is 1. The minimum atomic E-state index is 0.360. The zero-order chi connectivity index (χ0) is 13.1. The zero-order valence-corrected chi connectivity index (χ0v) is 11.6. The van der Waals surface area contributed by atoms with E-state index in [4.69, 9.17) is 5.73 Å². The first-order valence-corrected chi connectivity index (χ1v) is 7.67. The van der Waals surface area contributed by atoms with Gasteiger partial charge in [-0.25, -0.2) is 9.97 Å². The summed E-state index contributed by atoms with van der Waals surface area (Å²) in [4.78, 5) is 8.85. The molecule has 3 N–H and O–H groups in total. The molecule has 4 nitrogen and oxygen atoms in total. The lowest BCUT2D eigenvalue weighted by atomic mass is 9.85. The van der Waals surface area contributed by atoms with Crippen molar-refractivity contribution in [3.63, 3.8) is 0 Å². The van der Waals surface area contributed by atoms with Crippen molar-refractivity contribution in [2.75, 3.05) is 11.9 Å². The van der Waals surface area contributed by atoms with E-state index in [1.165, 1.54) is 49.8 Å². The van der Waals surface area contributed by atoms with E-state index in [0.29, 0.717) is 12.0 Å². The SMILES string of the molecule is NC1CCCCC1CNc1ncnc2c1CCCC2. The first kappa shape index (κ1) is 12.9. The number of fused-ring (bicyclic) bond motifs is 1. The molecule has 1 fully saturated rings. The normalized spacial score (nSPS) is 26.8. The summed E-state index contributed by atoms with van der Waals surface area (Å²) in [6.07, 6.45) is 11.5. The molecule has 2 aliphatic carbocycles. The molecule has 1 aromatic heterocycles. The third-order valence-corrected chi connectivity index (χ3v) is 4.62. The van der Waals surface area contributed by atoms with Crippen LogP contribution in [0.1, 0.15) is 49.8 Å². The topological polar surface area (TPSA) is 63.8 Å². The first-order chi connectivity index (χ1) is 9.34. The Bertz CT molecular complexity index is 432. The van der Waals surface area contributed by atoms with Gasteiger partial charge in [-0.3, -0.25) is 0 Å². The highest BCUT2D eigenvalue weighted by Gasteiger charge is 2.22. The van der Waals surface area contributed by atoms with Crippen LogP contribution >= 0.6 is 0 Å². The summed E-state index contributed by atoms with van der Waals surface area (Å²) in [6.45, 7) is 0.963. The molecule has 0 spiro atoms. The highest BCUT2D eigenvalue weighted by molar-refractivity contribution is 5.47. The maximum atomic E-state index is 6.21. The van der Waals surface area contributed by atoms with Gasteiger partial charge in [0.25, 0.3) is 0 Å². The summed E-state index contributed by atoms with van der Waals surface area (Å²) in [5, 5.41) is 3.54. The second-order valence-corrected chi connectivity index (χ2v) is 5.94. The van der Waals surface area contributed by atoms with Crippen molar-refractivity contribution < 1.29 is 0 Å². The van der Waals surface area contributed by atoms with Crippen LogP contribution in [-0.4, -0.2) is 22.6 Å². The molecular weight excluding hydrogens is 236 g/mol. The number of hydrogen-bond acceptors (Lipinski definition) is 4. The Kier molecular flexibility index (Phi) is 3.97. The highest BCUT2D eigenvalue weighted by Crippen LogP contribution is 2.26. The minimum absolute atomic E-state index is 0.360. The Hall–Kier alpha value is -1.16. The number of aromatic nitrogens is 2. The second kappa shape index (κ2) is 5.87. The first-order valence-electron chi connectivity index (χ1n) is 7.67. The molecule has 0 amide bonds. The summed E-state index contributed by atoms with van der Waals surface area (Å²) in [5.41, 5.74) is 8.80. The van der Waals surface area contributed by atoms with Gasteiger partial charge in [-0.05, 0) is 44.4 Å². The van der Waals surface area contributed by atoms with Crippen LogP contribution in [0, 0.1) is 5.92 Å². The van der Waals surface area contributed by atoms with Crippen molar-refractivity contribution in [3.05, 3.63) is 17.6 Å². The van der Waals surface area contributed by atoms with Crippen molar-refractivity contribution in [1.29, 1.82) is 0 Å². The lowest BCUT2D eigenvalue weighted by Crippen LogP contribution is -2.37. The van der Waals surface area contributed by atoms with Gasteiger partial charge in [0.05, 0.1) is 0 Å². The number of rotatable bonds is 3. The molecule has 19 heavy (non-hydrogen) atoms. The number of nitrogens with two attached hydrogens (primary N) is 1. The van der Waals surface area contributed by atoms with E-state index in [1.807, 2.05) is 0 Å². The third kappa shape index (κ3) is 2.89. The molecule has 1 heterocycles. The lowest BCUT2D eigenvalue weighted by Gasteiger charge is -2.29. The van der Waals surface area contributed by atoms with Crippen LogP contribution in [0.2, 0.25) is 0 Å². The van der Waals surface area contributed by atoms with Crippen LogP contribution in [0.15, 0.2) is 6.33 Å². The van der Waals surface area contributed by atoms with Gasteiger partial charge in [0.1, 0.15) is 12.1 Å². The van der Waals surface area contributed by atoms with Crippen LogP contribution in [0.5, 0.6) is 0 Å². The fraction of sp³-hybridized carbons (Fsp3) is 0.733. The molecule has 2 unspecified atom stereocenters. The van der Waals surface area contributed by atoms with Crippen LogP contribution in [0.25, 0.3) is 0 Å². The number of hydrogen-bond donors (Lipinski definition) is 2. The van der Waals surface area contributed by atoms with Crippen LogP contribution < -0.4 is 11.1 Å². The maximum absolute atomic E-state index is 6.21. The van der Waals surface area contributed by atoms with Crippen molar-refractivity contribution in [1.82, 2.24) is 9.97 Å². The number of nitrogens with zero attached hydrogens (tertiary/aromatic N) is 2. The van der Waals surface area contributed by atoms with Gasteiger partial charge >= 0.3 is 0 Å². The molecule has 104 valence electrons. The second-order valence-electron chi connectivity index (χ2n) is 5.94. The van der Waals surface area contributed by atoms with Gasteiger partial charge < -0.3 is 11.1 Å². The van der Waals surface area contributed by atoms with E-state index < -0.39 is 0 Å². The quantitative estimate of drug-likeness (QED) is 0.875. The predicted octanol–water partition coefficient (Wildman–Crippen LogP) is 2.28. The van der Waals surface area contributed by atoms with E-state index in [1.54, 1.807) is 6.33 Å². The summed E-state index contributed by atoms with van der Waals surface area (Å²) < 4.78 is 0.